The highest BCUT2D eigenvalue weighted by atomic mass is 35.5. The summed E-state index contributed by atoms with van der Waals surface area (Å²) in [5.41, 5.74) is 1.01. The van der Waals surface area contributed by atoms with Gasteiger partial charge in [-0.15, -0.1) is 0 Å². The van der Waals surface area contributed by atoms with Gasteiger partial charge < -0.3 is 15.1 Å². The van der Waals surface area contributed by atoms with Crippen molar-refractivity contribution in [3.8, 4) is 0 Å². The Morgan fingerprint density at radius 3 is 2.54 bits per heavy atom. The van der Waals surface area contributed by atoms with Crippen LogP contribution in [0.1, 0.15) is 5.56 Å². The van der Waals surface area contributed by atoms with E-state index in [9.17, 15) is 4.79 Å². The minimum Gasteiger partial charge on any atom is -0.353 e. The van der Waals surface area contributed by atoms with E-state index in [-0.39, 0.29) is 5.91 Å². The van der Waals surface area contributed by atoms with Gasteiger partial charge in [-0.25, -0.2) is 4.98 Å². The Hall–Kier alpha value is -2.11. The molecular formula is C18H21ClN4O. The normalized spacial score (nSPS) is 14.7. The van der Waals surface area contributed by atoms with Crippen LogP contribution in [-0.4, -0.2) is 48.5 Å². The molecule has 0 saturated carbocycles. The number of hydrogen-bond acceptors (Lipinski definition) is 4. The first-order valence-corrected chi connectivity index (χ1v) is 8.50. The van der Waals surface area contributed by atoms with Crippen molar-refractivity contribution in [3.05, 3.63) is 59.2 Å². The molecule has 0 bridgehead atoms. The Morgan fingerprint density at radius 1 is 1.08 bits per heavy atom. The lowest BCUT2D eigenvalue weighted by atomic mass is 10.2. The molecule has 126 valence electrons. The van der Waals surface area contributed by atoms with Gasteiger partial charge in [0.15, 0.2) is 0 Å². The van der Waals surface area contributed by atoms with E-state index >= 15 is 0 Å². The molecule has 1 aliphatic heterocycles. The zero-order chi connectivity index (χ0) is 16.8. The van der Waals surface area contributed by atoms with Crippen molar-refractivity contribution in [2.24, 2.45) is 0 Å². The van der Waals surface area contributed by atoms with Crippen LogP contribution in [0.3, 0.4) is 0 Å². The van der Waals surface area contributed by atoms with Crippen molar-refractivity contribution in [3.63, 3.8) is 0 Å². The second-order valence-electron chi connectivity index (χ2n) is 5.75. The van der Waals surface area contributed by atoms with E-state index in [1.54, 1.807) is 6.20 Å². The summed E-state index contributed by atoms with van der Waals surface area (Å²) >= 11 is 6.12. The first-order valence-electron chi connectivity index (χ1n) is 8.12. The van der Waals surface area contributed by atoms with Gasteiger partial charge in [-0.3, -0.25) is 4.79 Å². The highest BCUT2D eigenvalue weighted by Gasteiger charge is 2.21. The van der Waals surface area contributed by atoms with Gasteiger partial charge >= 0.3 is 0 Å². The molecule has 1 aromatic heterocycles. The summed E-state index contributed by atoms with van der Waals surface area (Å²) in [6.45, 7) is 4.00. The van der Waals surface area contributed by atoms with Gasteiger partial charge in [0.05, 0.1) is 6.54 Å². The predicted molar refractivity (Wildman–Crippen MR) is 96.2 cm³/mol. The van der Waals surface area contributed by atoms with Crippen LogP contribution in [0.2, 0.25) is 5.02 Å². The number of rotatable bonds is 5. The molecule has 2 heterocycles. The Kier molecular flexibility index (Phi) is 5.67. The van der Waals surface area contributed by atoms with Gasteiger partial charge in [0.2, 0.25) is 5.91 Å². The number of anilines is 1. The SMILES string of the molecule is O=C(CNCc1ccccc1Cl)N1CCN(c2ccccn2)CC1. The smallest absolute Gasteiger partial charge is 0.236 e. The molecular weight excluding hydrogens is 324 g/mol. The third kappa shape index (κ3) is 4.24. The van der Waals surface area contributed by atoms with Gasteiger partial charge in [0.1, 0.15) is 5.82 Å². The number of hydrogen-bond donors (Lipinski definition) is 1. The maximum atomic E-state index is 12.3. The summed E-state index contributed by atoms with van der Waals surface area (Å²) in [6, 6.07) is 13.6. The Morgan fingerprint density at radius 2 is 1.83 bits per heavy atom. The third-order valence-electron chi connectivity index (χ3n) is 4.16. The largest absolute Gasteiger partial charge is 0.353 e. The molecule has 0 radical (unpaired) electrons. The van der Waals surface area contributed by atoms with Gasteiger partial charge in [0, 0.05) is 43.9 Å². The minimum atomic E-state index is 0.128. The maximum absolute atomic E-state index is 12.3. The Labute approximate surface area is 147 Å². The van der Waals surface area contributed by atoms with Crippen molar-refractivity contribution in [2.45, 2.75) is 6.54 Å². The van der Waals surface area contributed by atoms with Crippen LogP contribution >= 0.6 is 11.6 Å². The highest BCUT2D eigenvalue weighted by molar-refractivity contribution is 6.31. The van der Waals surface area contributed by atoms with E-state index in [0.29, 0.717) is 13.1 Å². The van der Waals surface area contributed by atoms with Crippen LogP contribution in [0.5, 0.6) is 0 Å². The average Bonchev–Trinajstić information content (AvgIpc) is 2.64. The van der Waals surface area contributed by atoms with Crippen molar-refractivity contribution in [2.75, 3.05) is 37.6 Å². The van der Waals surface area contributed by atoms with Crippen LogP contribution in [0, 0.1) is 0 Å². The number of nitrogens with one attached hydrogen (secondary N) is 1. The molecule has 1 fully saturated rings. The maximum Gasteiger partial charge on any atom is 0.236 e. The lowest BCUT2D eigenvalue weighted by Gasteiger charge is -2.35. The zero-order valence-electron chi connectivity index (χ0n) is 13.5. The molecule has 2 aromatic rings. The van der Waals surface area contributed by atoms with Crippen molar-refractivity contribution in [1.82, 2.24) is 15.2 Å². The standard InChI is InChI=1S/C18H21ClN4O/c19-16-6-2-1-5-15(16)13-20-14-18(24)23-11-9-22(10-12-23)17-7-3-4-8-21-17/h1-8,20H,9-14H2. The van der Waals surface area contributed by atoms with Crippen LogP contribution < -0.4 is 10.2 Å². The van der Waals surface area contributed by atoms with Gasteiger partial charge in [-0.1, -0.05) is 35.9 Å². The van der Waals surface area contributed by atoms with E-state index in [0.717, 1.165) is 42.6 Å². The van der Waals surface area contributed by atoms with Gasteiger partial charge in [-0.2, -0.15) is 0 Å². The van der Waals surface area contributed by atoms with Crippen LogP contribution in [0.4, 0.5) is 5.82 Å². The van der Waals surface area contributed by atoms with Crippen molar-refractivity contribution in [1.29, 1.82) is 0 Å². The number of pyridine rings is 1. The monoisotopic (exact) mass is 344 g/mol. The molecule has 0 atom stereocenters. The quantitative estimate of drug-likeness (QED) is 0.903. The molecule has 0 unspecified atom stereocenters. The summed E-state index contributed by atoms with van der Waals surface area (Å²) in [5, 5.41) is 3.90. The summed E-state index contributed by atoms with van der Waals surface area (Å²) in [6.07, 6.45) is 1.80. The number of nitrogens with zero attached hydrogens (tertiary/aromatic N) is 3. The number of carbonyl (C=O) groups excluding carboxylic acids is 1. The molecule has 5 nitrogen and oxygen atoms in total. The molecule has 6 heteroatoms. The molecule has 0 spiro atoms. The Balaban J connectivity index is 1.43. The number of piperazine rings is 1. The molecule has 0 aliphatic carbocycles. The molecule has 1 N–H and O–H groups in total. The minimum absolute atomic E-state index is 0.128. The van der Waals surface area contributed by atoms with E-state index in [4.69, 9.17) is 11.6 Å². The number of carbonyl (C=O) groups is 1. The first-order chi connectivity index (χ1) is 11.7. The fraction of sp³-hybridized carbons (Fsp3) is 0.333. The topological polar surface area (TPSA) is 48.5 Å². The lowest BCUT2D eigenvalue weighted by molar-refractivity contribution is -0.130. The molecule has 3 rings (SSSR count). The number of halogens is 1. The van der Waals surface area contributed by atoms with Gasteiger partial charge in [0.25, 0.3) is 0 Å². The van der Waals surface area contributed by atoms with Gasteiger partial charge in [-0.05, 0) is 23.8 Å². The average molecular weight is 345 g/mol. The van der Waals surface area contributed by atoms with Crippen molar-refractivity contribution < 1.29 is 4.79 Å². The highest BCUT2D eigenvalue weighted by Crippen LogP contribution is 2.14. The molecule has 1 aliphatic rings. The van der Waals surface area contributed by atoms with Crippen molar-refractivity contribution >= 4 is 23.3 Å². The lowest BCUT2D eigenvalue weighted by Crippen LogP contribution is -2.51. The fourth-order valence-corrected chi connectivity index (χ4v) is 2.99. The predicted octanol–water partition coefficient (Wildman–Crippen LogP) is 2.17. The second-order valence-corrected chi connectivity index (χ2v) is 6.16. The second kappa shape index (κ2) is 8.13. The van der Waals surface area contributed by atoms with E-state index in [1.165, 1.54) is 0 Å². The summed E-state index contributed by atoms with van der Waals surface area (Å²) in [4.78, 5) is 20.8. The molecule has 1 amide bonds. The van der Waals surface area contributed by atoms with E-state index in [2.05, 4.69) is 15.2 Å². The zero-order valence-corrected chi connectivity index (χ0v) is 14.2. The summed E-state index contributed by atoms with van der Waals surface area (Å²) < 4.78 is 0. The fourth-order valence-electron chi connectivity index (χ4n) is 2.78. The summed E-state index contributed by atoms with van der Waals surface area (Å²) in [7, 11) is 0. The van der Waals surface area contributed by atoms with E-state index < -0.39 is 0 Å². The molecule has 1 saturated heterocycles. The van der Waals surface area contributed by atoms with E-state index in [1.807, 2.05) is 47.4 Å². The van der Waals surface area contributed by atoms with Crippen LogP contribution in [0.15, 0.2) is 48.7 Å². The third-order valence-corrected chi connectivity index (χ3v) is 4.52. The molecule has 24 heavy (non-hydrogen) atoms. The Bertz CT molecular complexity index is 672. The first kappa shape index (κ1) is 16.7. The number of amides is 1. The number of aromatic nitrogens is 1. The number of benzene rings is 1. The molecule has 1 aromatic carbocycles. The van der Waals surface area contributed by atoms with Crippen LogP contribution in [-0.2, 0) is 11.3 Å². The van der Waals surface area contributed by atoms with Crippen LogP contribution in [0.25, 0.3) is 0 Å². The summed E-state index contributed by atoms with van der Waals surface area (Å²) in [5.74, 6) is 1.10.